The van der Waals surface area contributed by atoms with Crippen LogP contribution < -0.4 is 19.5 Å². The summed E-state index contributed by atoms with van der Waals surface area (Å²) in [6.45, 7) is 0.167. The maximum atomic E-state index is 11.8. The molecule has 0 aliphatic carbocycles. The highest BCUT2D eigenvalue weighted by Crippen LogP contribution is 2.36. The zero-order chi connectivity index (χ0) is 16.7. The number of aromatic nitrogens is 1. The number of nitrogens with one attached hydrogen (secondary N) is 1. The lowest BCUT2D eigenvalue weighted by molar-refractivity contribution is -0.684. The van der Waals surface area contributed by atoms with Gasteiger partial charge in [-0.15, -0.1) is 0 Å². The number of methoxy groups -OCH3 is 2. The van der Waals surface area contributed by atoms with E-state index in [2.05, 4.69) is 10.5 Å². The predicted octanol–water partition coefficient (Wildman–Crippen LogP) is 0.847. The smallest absolute Gasteiger partial charge is 0.305 e. The molecule has 0 radical (unpaired) electrons. The van der Waals surface area contributed by atoms with Gasteiger partial charge in [0.2, 0.25) is 12.3 Å². The van der Waals surface area contributed by atoms with Crippen molar-refractivity contribution in [3.63, 3.8) is 0 Å². The molecule has 2 N–H and O–H groups in total. The zero-order valence-electron chi connectivity index (χ0n) is 12.9. The summed E-state index contributed by atoms with van der Waals surface area (Å²) in [7, 11) is 2.88. The standard InChI is InChI=1S/C16H17N3O4/c1-22-13-8-12(9-14(23-2)16(13)21)10-17-18-15(20)11-19-6-4-3-5-7-19/h3-10H,11H2,1-2H3,(H-,17,18,20,21)/p+1. The fourth-order valence-corrected chi connectivity index (χ4v) is 1.91. The minimum atomic E-state index is -0.254. The quantitative estimate of drug-likeness (QED) is 0.470. The molecule has 0 saturated heterocycles. The Hall–Kier alpha value is -3.09. The minimum Gasteiger partial charge on any atom is -0.502 e. The third kappa shape index (κ3) is 4.44. The van der Waals surface area contributed by atoms with Crippen LogP contribution in [0.15, 0.2) is 47.8 Å². The molecule has 7 heteroatoms. The van der Waals surface area contributed by atoms with Gasteiger partial charge in [0.05, 0.1) is 20.4 Å². The van der Waals surface area contributed by atoms with E-state index in [4.69, 9.17) is 9.47 Å². The van der Waals surface area contributed by atoms with Crippen molar-refractivity contribution >= 4 is 12.1 Å². The van der Waals surface area contributed by atoms with Crippen LogP contribution in [-0.4, -0.2) is 31.4 Å². The molecule has 23 heavy (non-hydrogen) atoms. The molecule has 0 fully saturated rings. The molecule has 7 nitrogen and oxygen atoms in total. The van der Waals surface area contributed by atoms with Crippen LogP contribution in [0.25, 0.3) is 0 Å². The number of hydrogen-bond donors (Lipinski definition) is 2. The van der Waals surface area contributed by atoms with Gasteiger partial charge in [0.15, 0.2) is 23.9 Å². The molecule has 1 heterocycles. The van der Waals surface area contributed by atoms with Gasteiger partial charge in [0.1, 0.15) is 0 Å². The molecule has 1 aromatic heterocycles. The number of rotatable bonds is 6. The van der Waals surface area contributed by atoms with E-state index in [1.54, 1.807) is 29.1 Å². The van der Waals surface area contributed by atoms with E-state index in [1.807, 2.05) is 18.2 Å². The van der Waals surface area contributed by atoms with Gasteiger partial charge in [0, 0.05) is 17.7 Å². The van der Waals surface area contributed by atoms with Crippen molar-refractivity contribution in [2.75, 3.05) is 14.2 Å². The number of carbonyl (C=O) groups is 1. The lowest BCUT2D eigenvalue weighted by atomic mass is 10.2. The van der Waals surface area contributed by atoms with Crippen LogP contribution in [0.1, 0.15) is 5.56 Å². The summed E-state index contributed by atoms with van der Waals surface area (Å²) in [4.78, 5) is 11.8. The molecule has 0 saturated carbocycles. The number of phenolic OH excluding ortho intramolecular Hbond substituents is 1. The van der Waals surface area contributed by atoms with E-state index in [0.29, 0.717) is 5.56 Å². The first-order valence-corrected chi connectivity index (χ1v) is 6.85. The molecule has 0 spiro atoms. The number of aromatic hydroxyl groups is 1. The Kier molecular flexibility index (Phi) is 5.51. The Labute approximate surface area is 133 Å². The van der Waals surface area contributed by atoms with Crippen molar-refractivity contribution in [1.82, 2.24) is 5.43 Å². The number of hydrogen-bond acceptors (Lipinski definition) is 5. The number of amides is 1. The van der Waals surface area contributed by atoms with Crippen LogP contribution in [-0.2, 0) is 11.3 Å². The van der Waals surface area contributed by atoms with Gasteiger partial charge in [-0.3, -0.25) is 4.79 Å². The second kappa shape index (κ2) is 7.79. The fourth-order valence-electron chi connectivity index (χ4n) is 1.91. The number of phenols is 1. The molecule has 1 amide bonds. The van der Waals surface area contributed by atoms with Crippen LogP contribution in [0.2, 0.25) is 0 Å². The van der Waals surface area contributed by atoms with Crippen LogP contribution >= 0.6 is 0 Å². The van der Waals surface area contributed by atoms with Crippen LogP contribution in [0.3, 0.4) is 0 Å². The SMILES string of the molecule is COc1cc(/C=N/NC(=O)C[n+]2ccccc2)cc(OC)c1O. The molecule has 0 aliphatic heterocycles. The van der Waals surface area contributed by atoms with E-state index in [9.17, 15) is 9.90 Å². The summed E-state index contributed by atoms with van der Waals surface area (Å²) < 4.78 is 11.8. The van der Waals surface area contributed by atoms with Gasteiger partial charge < -0.3 is 14.6 Å². The second-order valence-corrected chi connectivity index (χ2v) is 4.62. The first kappa shape index (κ1) is 16.3. The van der Waals surface area contributed by atoms with Crippen molar-refractivity contribution in [1.29, 1.82) is 0 Å². The maximum absolute atomic E-state index is 11.8. The summed E-state index contributed by atoms with van der Waals surface area (Å²) >= 11 is 0. The Morgan fingerprint density at radius 1 is 1.22 bits per heavy atom. The van der Waals surface area contributed by atoms with E-state index >= 15 is 0 Å². The molecular formula is C16H18N3O4+. The number of nitrogens with zero attached hydrogens (tertiary/aromatic N) is 2. The zero-order valence-corrected chi connectivity index (χ0v) is 12.9. The Bertz CT molecular complexity index is 677. The summed E-state index contributed by atoms with van der Waals surface area (Å²) in [6.07, 6.45) is 5.02. The van der Waals surface area contributed by atoms with Crippen LogP contribution in [0.4, 0.5) is 0 Å². The normalized spacial score (nSPS) is 10.5. The number of benzene rings is 1. The highest BCUT2D eigenvalue weighted by Gasteiger charge is 2.10. The molecule has 0 aliphatic rings. The average molecular weight is 316 g/mol. The highest BCUT2D eigenvalue weighted by molar-refractivity contribution is 5.84. The molecule has 2 rings (SSSR count). The predicted molar refractivity (Wildman–Crippen MR) is 83.6 cm³/mol. The Balaban J connectivity index is 2.01. The number of pyridine rings is 1. The van der Waals surface area contributed by atoms with E-state index in [0.717, 1.165) is 0 Å². The summed E-state index contributed by atoms with van der Waals surface area (Å²) in [5.74, 6) is 0.181. The Morgan fingerprint density at radius 2 is 1.83 bits per heavy atom. The molecule has 0 atom stereocenters. The summed E-state index contributed by atoms with van der Waals surface area (Å²) in [6, 6.07) is 8.72. The van der Waals surface area contributed by atoms with E-state index in [-0.39, 0.29) is 29.7 Å². The highest BCUT2D eigenvalue weighted by atomic mass is 16.5. The molecule has 2 aromatic rings. The van der Waals surface area contributed by atoms with Gasteiger partial charge in [0.25, 0.3) is 0 Å². The monoisotopic (exact) mass is 316 g/mol. The summed E-state index contributed by atoms with van der Waals surface area (Å²) in [5.41, 5.74) is 3.05. The second-order valence-electron chi connectivity index (χ2n) is 4.62. The van der Waals surface area contributed by atoms with Crippen molar-refractivity contribution in [2.45, 2.75) is 6.54 Å². The summed E-state index contributed by atoms with van der Waals surface area (Å²) in [5, 5.41) is 13.7. The lowest BCUT2D eigenvalue weighted by Gasteiger charge is -2.09. The van der Waals surface area contributed by atoms with Crippen LogP contribution in [0.5, 0.6) is 17.2 Å². The van der Waals surface area contributed by atoms with Gasteiger partial charge in [-0.05, 0) is 12.1 Å². The number of carbonyl (C=O) groups excluding carboxylic acids is 1. The van der Waals surface area contributed by atoms with E-state index in [1.165, 1.54) is 20.4 Å². The van der Waals surface area contributed by atoms with Crippen molar-refractivity contribution < 1.29 is 23.9 Å². The van der Waals surface area contributed by atoms with Gasteiger partial charge in [-0.1, -0.05) is 6.07 Å². The van der Waals surface area contributed by atoms with Gasteiger partial charge in [-0.2, -0.15) is 9.67 Å². The third-order valence-corrected chi connectivity index (χ3v) is 3.01. The van der Waals surface area contributed by atoms with Crippen LogP contribution in [0, 0.1) is 0 Å². The number of ether oxygens (including phenoxy) is 2. The van der Waals surface area contributed by atoms with Gasteiger partial charge in [-0.25, -0.2) is 5.43 Å². The average Bonchev–Trinajstić information content (AvgIpc) is 2.57. The van der Waals surface area contributed by atoms with Crippen molar-refractivity contribution in [3.05, 3.63) is 48.3 Å². The molecule has 1 aromatic carbocycles. The largest absolute Gasteiger partial charge is 0.502 e. The Morgan fingerprint density at radius 3 is 2.39 bits per heavy atom. The maximum Gasteiger partial charge on any atom is 0.305 e. The molecule has 0 unspecified atom stereocenters. The van der Waals surface area contributed by atoms with Crippen molar-refractivity contribution in [2.24, 2.45) is 5.10 Å². The van der Waals surface area contributed by atoms with Gasteiger partial charge >= 0.3 is 5.91 Å². The fraction of sp³-hybridized carbons (Fsp3) is 0.188. The molecule has 0 bridgehead atoms. The third-order valence-electron chi connectivity index (χ3n) is 3.01. The lowest BCUT2D eigenvalue weighted by Crippen LogP contribution is -2.40. The minimum absolute atomic E-state index is 0.0864. The first-order chi connectivity index (χ1) is 11.1. The van der Waals surface area contributed by atoms with E-state index < -0.39 is 0 Å². The topological polar surface area (TPSA) is 84.0 Å². The van der Waals surface area contributed by atoms with Crippen molar-refractivity contribution in [3.8, 4) is 17.2 Å². The molecular weight excluding hydrogens is 298 g/mol. The number of hydrazone groups is 1. The first-order valence-electron chi connectivity index (χ1n) is 6.85. The molecule has 120 valence electrons.